The number of nitrogens with one attached hydrogen (secondary N) is 1. The minimum absolute atomic E-state index is 0.0377. The molecule has 62 heavy (non-hydrogen) atoms. The lowest BCUT2D eigenvalue weighted by Crippen LogP contribution is -2.39. The standard InChI is InChI=1S/C45H53N3O12S2/c1-29-27-48(43(52)47-41(29)51)39-26-36(60-44(53)59-35(42-61-24-9-25-62-42)12-7-8-23-56-40(50)22-21-38(46)49)37(58-39)28-57-45(30-10-5-4-6-11-30,31-13-17-33(54-2)18-14-31)32-15-19-34(55-3)20-16-32/h4-6,10-11,13-20,27,35-37,39,42H,7-9,12,21-26,28H2,1-3H3,(H2,46,49)(H,47,51,52)/t35?,36-,37+,39+/m0/s1. The van der Waals surface area contributed by atoms with E-state index in [1.54, 1.807) is 44.7 Å². The first-order valence-electron chi connectivity index (χ1n) is 20.5. The second-order valence-corrected chi connectivity index (χ2v) is 17.7. The Balaban J connectivity index is 1.27. The SMILES string of the molecule is COc1ccc(C(OC[C@H]2O[C@@H](n3cc(C)c(=O)[nH]c3=O)C[C@@H]2OC(=O)OC(CCCCOC(=O)CCC(N)=O)C2SCCCS2)(c2ccccc2)c2ccc(OC)cc2)cc1. The minimum Gasteiger partial charge on any atom is -0.497 e. The van der Waals surface area contributed by atoms with Gasteiger partial charge in [0.2, 0.25) is 5.91 Å². The largest absolute Gasteiger partial charge is 0.508 e. The van der Waals surface area contributed by atoms with Crippen molar-refractivity contribution in [3.8, 4) is 11.5 Å². The maximum atomic E-state index is 13.9. The molecule has 3 N–H and O–H groups in total. The fourth-order valence-electron chi connectivity index (χ4n) is 7.40. The molecular formula is C45H53N3O12S2. The lowest BCUT2D eigenvalue weighted by molar-refractivity contribution is -0.144. The van der Waals surface area contributed by atoms with Gasteiger partial charge in [-0.15, -0.1) is 23.5 Å². The molecular weight excluding hydrogens is 839 g/mol. The molecule has 4 atom stereocenters. The van der Waals surface area contributed by atoms with Crippen LogP contribution in [0.3, 0.4) is 0 Å². The van der Waals surface area contributed by atoms with Crippen molar-refractivity contribution in [2.24, 2.45) is 5.73 Å². The van der Waals surface area contributed by atoms with Gasteiger partial charge in [0.05, 0.1) is 38.4 Å². The molecule has 2 aliphatic rings. The van der Waals surface area contributed by atoms with E-state index < -0.39 is 59.4 Å². The number of hydrogen-bond donors (Lipinski definition) is 2. The number of ether oxygens (including phenoxy) is 7. The second-order valence-electron chi connectivity index (χ2n) is 14.9. The van der Waals surface area contributed by atoms with Gasteiger partial charge in [-0.3, -0.25) is 23.9 Å². The lowest BCUT2D eigenvalue weighted by atomic mass is 9.80. The lowest BCUT2D eigenvalue weighted by Gasteiger charge is -2.37. The molecule has 15 nitrogen and oxygen atoms in total. The number of hydrogen-bond acceptors (Lipinski definition) is 14. The van der Waals surface area contributed by atoms with Gasteiger partial charge in [0.25, 0.3) is 5.56 Å². The molecule has 2 fully saturated rings. The number of benzene rings is 3. The van der Waals surface area contributed by atoms with Crippen molar-refractivity contribution >= 4 is 41.6 Å². The molecule has 1 unspecified atom stereocenters. The van der Waals surface area contributed by atoms with E-state index in [9.17, 15) is 24.0 Å². The number of nitrogens with zero attached hydrogens (tertiary/aromatic N) is 1. The second kappa shape index (κ2) is 22.2. The van der Waals surface area contributed by atoms with Crippen LogP contribution < -0.4 is 26.5 Å². The van der Waals surface area contributed by atoms with Gasteiger partial charge in [-0.05, 0) is 85.1 Å². The molecule has 0 aliphatic carbocycles. The van der Waals surface area contributed by atoms with Crippen LogP contribution in [-0.4, -0.2) is 89.4 Å². The van der Waals surface area contributed by atoms with Gasteiger partial charge in [-0.25, -0.2) is 9.59 Å². The molecule has 1 aromatic heterocycles. The third-order valence-corrected chi connectivity index (χ3v) is 13.8. The number of carbonyl (C=O) groups is 3. The first-order valence-corrected chi connectivity index (χ1v) is 22.6. The fraction of sp³-hybridized carbons (Fsp3) is 0.444. The zero-order valence-electron chi connectivity index (χ0n) is 35.0. The summed E-state index contributed by atoms with van der Waals surface area (Å²) >= 11 is 3.44. The summed E-state index contributed by atoms with van der Waals surface area (Å²) in [4.78, 5) is 64.7. The number of primary amides is 1. The summed E-state index contributed by atoms with van der Waals surface area (Å²) in [6, 6.07) is 24.8. The molecule has 0 bridgehead atoms. The Bertz CT molecular complexity index is 2160. The van der Waals surface area contributed by atoms with Crippen LogP contribution in [-0.2, 0) is 38.9 Å². The van der Waals surface area contributed by atoms with Crippen molar-refractivity contribution in [1.82, 2.24) is 9.55 Å². The van der Waals surface area contributed by atoms with Gasteiger partial charge >= 0.3 is 17.8 Å². The molecule has 3 heterocycles. The van der Waals surface area contributed by atoms with Crippen molar-refractivity contribution in [2.75, 3.05) is 38.9 Å². The summed E-state index contributed by atoms with van der Waals surface area (Å²) in [7, 11) is 3.19. The minimum atomic E-state index is -1.23. The number of aryl methyl sites for hydroxylation is 1. The molecule has 4 aromatic rings. The Morgan fingerprint density at radius 2 is 1.52 bits per heavy atom. The van der Waals surface area contributed by atoms with Crippen LogP contribution in [0.15, 0.2) is 94.6 Å². The normalized spacial score (nSPS) is 18.4. The first-order chi connectivity index (χ1) is 30.0. The van der Waals surface area contributed by atoms with Crippen molar-refractivity contribution in [3.05, 3.63) is 128 Å². The zero-order valence-corrected chi connectivity index (χ0v) is 36.6. The highest BCUT2D eigenvalue weighted by Gasteiger charge is 2.45. The van der Waals surface area contributed by atoms with Crippen LogP contribution in [0.2, 0.25) is 0 Å². The van der Waals surface area contributed by atoms with Gasteiger partial charge in [-0.2, -0.15) is 0 Å². The molecule has 2 aliphatic heterocycles. The number of unbranched alkanes of at least 4 members (excludes halogenated alkanes) is 1. The van der Waals surface area contributed by atoms with Crippen LogP contribution in [0, 0.1) is 6.92 Å². The number of nitrogens with two attached hydrogens (primary N) is 1. The number of aromatic nitrogens is 2. The molecule has 1 amide bonds. The number of amides is 1. The van der Waals surface area contributed by atoms with Crippen LogP contribution in [0.1, 0.15) is 73.4 Å². The molecule has 0 spiro atoms. The molecule has 2 saturated heterocycles. The summed E-state index contributed by atoms with van der Waals surface area (Å²) in [6.07, 6.45) is -0.230. The Labute approximate surface area is 368 Å². The zero-order chi connectivity index (χ0) is 44.1. The predicted molar refractivity (Wildman–Crippen MR) is 235 cm³/mol. The monoisotopic (exact) mass is 891 g/mol. The van der Waals surface area contributed by atoms with Crippen LogP contribution >= 0.6 is 23.5 Å². The number of methoxy groups -OCH3 is 2. The van der Waals surface area contributed by atoms with Gasteiger partial charge in [0, 0.05) is 24.6 Å². The van der Waals surface area contributed by atoms with Crippen molar-refractivity contribution in [3.63, 3.8) is 0 Å². The quantitative estimate of drug-likeness (QED) is 0.0576. The fourth-order valence-corrected chi connectivity index (χ4v) is 10.4. The van der Waals surface area contributed by atoms with Gasteiger partial charge < -0.3 is 38.9 Å². The molecule has 332 valence electrons. The average Bonchev–Trinajstić information content (AvgIpc) is 3.69. The van der Waals surface area contributed by atoms with Crippen molar-refractivity contribution in [2.45, 2.75) is 86.6 Å². The van der Waals surface area contributed by atoms with E-state index in [1.165, 1.54) is 10.8 Å². The van der Waals surface area contributed by atoms with Crippen molar-refractivity contribution < 1.29 is 47.5 Å². The number of H-pyrrole nitrogens is 1. The summed E-state index contributed by atoms with van der Waals surface area (Å²) in [6.45, 7) is 1.63. The van der Waals surface area contributed by atoms with E-state index in [-0.39, 0.29) is 37.1 Å². The molecule has 17 heteroatoms. The highest BCUT2D eigenvalue weighted by molar-refractivity contribution is 8.17. The Morgan fingerprint density at radius 3 is 2.13 bits per heavy atom. The number of carbonyl (C=O) groups excluding carboxylic acids is 3. The number of aromatic amines is 1. The third-order valence-electron chi connectivity index (χ3n) is 10.6. The Hall–Kier alpha value is -5.23. The van der Waals surface area contributed by atoms with E-state index in [1.807, 2.05) is 78.9 Å². The number of rotatable bonds is 20. The predicted octanol–water partition coefficient (Wildman–Crippen LogP) is 6.22. The van der Waals surface area contributed by atoms with Crippen LogP contribution in [0.25, 0.3) is 0 Å². The summed E-state index contributed by atoms with van der Waals surface area (Å²) in [5, 5.41) is 0. The van der Waals surface area contributed by atoms with Crippen LogP contribution in [0.4, 0.5) is 4.79 Å². The van der Waals surface area contributed by atoms with E-state index in [4.69, 9.17) is 38.9 Å². The molecule has 0 saturated carbocycles. The third kappa shape index (κ3) is 11.8. The van der Waals surface area contributed by atoms with E-state index in [0.29, 0.717) is 36.3 Å². The molecule has 0 radical (unpaired) electrons. The average molecular weight is 892 g/mol. The summed E-state index contributed by atoms with van der Waals surface area (Å²) < 4.78 is 43.4. The smallest absolute Gasteiger partial charge is 0.497 e. The first kappa shape index (κ1) is 46.3. The maximum absolute atomic E-state index is 13.9. The highest BCUT2D eigenvalue weighted by Crippen LogP contribution is 2.43. The summed E-state index contributed by atoms with van der Waals surface area (Å²) in [5.41, 5.74) is 5.38. The number of thioether (sulfide) groups is 2. The van der Waals surface area contributed by atoms with Crippen LogP contribution in [0.5, 0.6) is 11.5 Å². The highest BCUT2D eigenvalue weighted by atomic mass is 32.2. The topological polar surface area (TPSA) is 197 Å². The Morgan fingerprint density at radius 1 is 0.887 bits per heavy atom. The molecule has 3 aromatic carbocycles. The summed E-state index contributed by atoms with van der Waals surface area (Å²) in [5.74, 6) is 2.08. The van der Waals surface area contributed by atoms with Gasteiger partial charge in [0.15, 0.2) is 0 Å². The Kier molecular flexibility index (Phi) is 16.6. The maximum Gasteiger partial charge on any atom is 0.508 e. The van der Waals surface area contributed by atoms with E-state index in [2.05, 4.69) is 4.98 Å². The molecule has 6 rings (SSSR count). The van der Waals surface area contributed by atoms with Crippen molar-refractivity contribution in [1.29, 1.82) is 0 Å². The van der Waals surface area contributed by atoms with Gasteiger partial charge in [0.1, 0.15) is 41.6 Å². The number of esters is 1. The van der Waals surface area contributed by atoms with Gasteiger partial charge in [-0.1, -0.05) is 54.6 Å². The van der Waals surface area contributed by atoms with E-state index >= 15 is 0 Å². The van der Waals surface area contributed by atoms with E-state index in [0.717, 1.165) is 34.6 Å².